The van der Waals surface area contributed by atoms with Crippen LogP contribution in [0.2, 0.25) is 0 Å². The van der Waals surface area contributed by atoms with Crippen LogP contribution in [-0.2, 0) is 6.54 Å². The van der Waals surface area contributed by atoms with E-state index in [1.807, 2.05) is 25.4 Å². The third-order valence-corrected chi connectivity index (χ3v) is 2.63. The van der Waals surface area contributed by atoms with E-state index in [4.69, 9.17) is 5.11 Å². The maximum atomic E-state index is 9.16. The minimum Gasteiger partial charge on any atom is -0.508 e. The lowest BCUT2D eigenvalue weighted by Crippen LogP contribution is -2.00. The van der Waals surface area contributed by atoms with Crippen LogP contribution in [-0.4, -0.2) is 14.7 Å². The molecule has 0 amide bonds. The van der Waals surface area contributed by atoms with Crippen molar-refractivity contribution in [2.45, 2.75) is 20.4 Å². The summed E-state index contributed by atoms with van der Waals surface area (Å²) in [5, 5.41) is 9.16. The van der Waals surface area contributed by atoms with E-state index in [1.165, 1.54) is 5.69 Å². The minimum absolute atomic E-state index is 0.303. The van der Waals surface area contributed by atoms with E-state index in [0.29, 0.717) is 5.75 Å². The zero-order valence-corrected chi connectivity index (χ0v) is 8.94. The maximum absolute atomic E-state index is 9.16. The highest BCUT2D eigenvalue weighted by Crippen LogP contribution is 2.12. The van der Waals surface area contributed by atoms with E-state index < -0.39 is 0 Å². The minimum atomic E-state index is 0.303. The van der Waals surface area contributed by atoms with Crippen LogP contribution in [0.4, 0.5) is 0 Å². The van der Waals surface area contributed by atoms with Crippen LogP contribution in [0.5, 0.6) is 5.75 Å². The molecule has 78 valence electrons. The number of benzene rings is 1. The van der Waals surface area contributed by atoms with Crippen LogP contribution in [0.15, 0.2) is 30.6 Å². The molecule has 0 saturated carbocycles. The van der Waals surface area contributed by atoms with E-state index in [2.05, 4.69) is 16.5 Å². The zero-order valence-electron chi connectivity index (χ0n) is 8.94. The fourth-order valence-electron chi connectivity index (χ4n) is 1.50. The van der Waals surface area contributed by atoms with E-state index in [-0.39, 0.29) is 0 Å². The number of rotatable bonds is 2. The maximum Gasteiger partial charge on any atom is 0.115 e. The average Bonchev–Trinajstić information content (AvgIpc) is 2.53. The quantitative estimate of drug-likeness (QED) is 0.811. The van der Waals surface area contributed by atoms with Crippen molar-refractivity contribution in [3.05, 3.63) is 47.5 Å². The van der Waals surface area contributed by atoms with Gasteiger partial charge in [0.25, 0.3) is 0 Å². The van der Waals surface area contributed by atoms with Crippen LogP contribution >= 0.6 is 0 Å². The Labute approximate surface area is 89.0 Å². The Bertz CT molecular complexity index is 457. The molecule has 0 aliphatic carbocycles. The van der Waals surface area contributed by atoms with E-state index in [1.54, 1.807) is 12.1 Å². The van der Waals surface area contributed by atoms with Crippen LogP contribution in [0.25, 0.3) is 0 Å². The van der Waals surface area contributed by atoms with E-state index in [0.717, 1.165) is 17.8 Å². The summed E-state index contributed by atoms with van der Waals surface area (Å²) in [6.07, 6.45) is 1.84. The molecule has 0 saturated heterocycles. The Hall–Kier alpha value is -1.77. The summed E-state index contributed by atoms with van der Waals surface area (Å²) in [6.45, 7) is 4.86. The van der Waals surface area contributed by atoms with Gasteiger partial charge in [0.2, 0.25) is 0 Å². The molecule has 2 rings (SSSR count). The molecule has 0 aliphatic rings. The second-order valence-corrected chi connectivity index (χ2v) is 3.71. The fraction of sp³-hybridized carbons (Fsp3) is 0.250. The van der Waals surface area contributed by atoms with Gasteiger partial charge in [0.15, 0.2) is 0 Å². The van der Waals surface area contributed by atoms with Crippen molar-refractivity contribution >= 4 is 0 Å². The number of phenols is 1. The second kappa shape index (κ2) is 3.77. The van der Waals surface area contributed by atoms with Crippen molar-refractivity contribution in [3.8, 4) is 5.75 Å². The number of hydrogen-bond donors (Lipinski definition) is 1. The highest BCUT2D eigenvalue weighted by atomic mass is 16.3. The molecule has 0 spiro atoms. The largest absolute Gasteiger partial charge is 0.508 e. The van der Waals surface area contributed by atoms with Gasteiger partial charge < -0.3 is 9.67 Å². The third-order valence-electron chi connectivity index (χ3n) is 2.63. The van der Waals surface area contributed by atoms with Crippen LogP contribution < -0.4 is 0 Å². The molecular weight excluding hydrogens is 188 g/mol. The van der Waals surface area contributed by atoms with Crippen molar-refractivity contribution < 1.29 is 5.11 Å². The van der Waals surface area contributed by atoms with Gasteiger partial charge in [-0.3, -0.25) is 0 Å². The van der Waals surface area contributed by atoms with Crippen molar-refractivity contribution in [1.29, 1.82) is 0 Å². The van der Waals surface area contributed by atoms with Gasteiger partial charge in [0, 0.05) is 12.2 Å². The number of aromatic hydroxyl groups is 1. The van der Waals surface area contributed by atoms with Gasteiger partial charge >= 0.3 is 0 Å². The summed E-state index contributed by atoms with van der Waals surface area (Å²) in [7, 11) is 0. The second-order valence-electron chi connectivity index (χ2n) is 3.71. The number of nitrogens with zero attached hydrogens (tertiary/aromatic N) is 2. The molecule has 1 heterocycles. The SMILES string of the molecule is Cc1ncn(Cc2ccc(O)cc2)c1C. The monoisotopic (exact) mass is 202 g/mol. The Morgan fingerprint density at radius 2 is 1.87 bits per heavy atom. The van der Waals surface area contributed by atoms with Gasteiger partial charge in [-0.05, 0) is 31.5 Å². The predicted molar refractivity (Wildman–Crippen MR) is 58.9 cm³/mol. The smallest absolute Gasteiger partial charge is 0.115 e. The van der Waals surface area contributed by atoms with Crippen molar-refractivity contribution in [2.75, 3.05) is 0 Å². The van der Waals surface area contributed by atoms with Crippen molar-refractivity contribution in [2.24, 2.45) is 0 Å². The zero-order chi connectivity index (χ0) is 10.8. The first-order valence-electron chi connectivity index (χ1n) is 4.93. The topological polar surface area (TPSA) is 38.0 Å². The summed E-state index contributed by atoms with van der Waals surface area (Å²) in [5.41, 5.74) is 3.41. The molecule has 3 nitrogen and oxygen atoms in total. The lowest BCUT2D eigenvalue weighted by Gasteiger charge is -2.05. The van der Waals surface area contributed by atoms with Gasteiger partial charge in [-0.25, -0.2) is 4.98 Å². The van der Waals surface area contributed by atoms with Gasteiger partial charge in [-0.2, -0.15) is 0 Å². The molecule has 0 bridgehead atoms. The summed E-state index contributed by atoms with van der Waals surface area (Å²) in [6, 6.07) is 7.25. The van der Waals surface area contributed by atoms with Crippen LogP contribution in [0, 0.1) is 13.8 Å². The highest BCUT2D eigenvalue weighted by molar-refractivity contribution is 5.26. The van der Waals surface area contributed by atoms with Crippen molar-refractivity contribution in [1.82, 2.24) is 9.55 Å². The summed E-state index contributed by atoms with van der Waals surface area (Å²) >= 11 is 0. The average molecular weight is 202 g/mol. The Morgan fingerprint density at radius 3 is 2.40 bits per heavy atom. The standard InChI is InChI=1S/C12H14N2O/c1-9-10(2)14(8-13-9)7-11-3-5-12(15)6-4-11/h3-6,8,15H,7H2,1-2H3. The van der Waals surface area contributed by atoms with Crippen molar-refractivity contribution in [3.63, 3.8) is 0 Å². The Kier molecular flexibility index (Phi) is 2.46. The third kappa shape index (κ3) is 2.01. The lowest BCUT2D eigenvalue weighted by atomic mass is 10.2. The molecule has 15 heavy (non-hydrogen) atoms. The van der Waals surface area contributed by atoms with Gasteiger partial charge in [-0.15, -0.1) is 0 Å². The molecule has 1 aromatic heterocycles. The molecule has 3 heteroatoms. The Balaban J connectivity index is 2.22. The van der Waals surface area contributed by atoms with Gasteiger partial charge in [-0.1, -0.05) is 12.1 Å². The molecule has 1 N–H and O–H groups in total. The lowest BCUT2D eigenvalue weighted by molar-refractivity contribution is 0.475. The predicted octanol–water partition coefficient (Wildman–Crippen LogP) is 2.25. The number of phenolic OH excluding ortho intramolecular Hbond substituents is 1. The highest BCUT2D eigenvalue weighted by Gasteiger charge is 2.02. The summed E-state index contributed by atoms with van der Waals surface area (Å²) in [5.74, 6) is 0.303. The first-order chi connectivity index (χ1) is 7.16. The normalized spacial score (nSPS) is 10.5. The van der Waals surface area contributed by atoms with Gasteiger partial charge in [0.05, 0.1) is 12.0 Å². The molecule has 0 atom stereocenters. The molecule has 0 unspecified atom stereocenters. The van der Waals surface area contributed by atoms with E-state index >= 15 is 0 Å². The van der Waals surface area contributed by atoms with E-state index in [9.17, 15) is 0 Å². The molecular formula is C12H14N2O. The summed E-state index contributed by atoms with van der Waals surface area (Å²) in [4.78, 5) is 4.24. The molecule has 2 aromatic rings. The molecule has 1 aromatic carbocycles. The number of aromatic nitrogens is 2. The summed E-state index contributed by atoms with van der Waals surface area (Å²) < 4.78 is 2.10. The molecule has 0 fully saturated rings. The molecule has 0 radical (unpaired) electrons. The number of hydrogen-bond acceptors (Lipinski definition) is 2. The number of imidazole rings is 1. The van der Waals surface area contributed by atoms with Crippen LogP contribution in [0.1, 0.15) is 17.0 Å². The fourth-order valence-corrected chi connectivity index (χ4v) is 1.50. The number of aryl methyl sites for hydroxylation is 1. The first kappa shape index (κ1) is 9.77. The Morgan fingerprint density at radius 1 is 1.20 bits per heavy atom. The molecule has 0 aliphatic heterocycles. The first-order valence-corrected chi connectivity index (χ1v) is 4.93. The van der Waals surface area contributed by atoms with Crippen LogP contribution in [0.3, 0.4) is 0 Å². The van der Waals surface area contributed by atoms with Gasteiger partial charge in [0.1, 0.15) is 5.75 Å².